The molecule has 2 saturated heterocycles. The average molecular weight is 317 g/mol. The van der Waals surface area contributed by atoms with Gasteiger partial charge in [0, 0.05) is 45.2 Å². The average Bonchev–Trinajstić information content (AvgIpc) is 2.54. The summed E-state index contributed by atoms with van der Waals surface area (Å²) in [5.74, 6) is 0.129. The summed E-state index contributed by atoms with van der Waals surface area (Å²) in [4.78, 5) is 26.5. The minimum Gasteiger partial charge on any atom is -0.342 e. The molecular formula is C13H23N3O4S. The molecule has 2 aliphatic rings. The summed E-state index contributed by atoms with van der Waals surface area (Å²) in [5.41, 5.74) is 0. The standard InChI is InChI=1S/C13H23N3O4S/c1-2-21(19,20)16-5-3-12(4-6-16)13(18)15-9-7-14(11-17)8-10-15/h11-12H,2-10H2,1H3. The Hall–Kier alpha value is -1.15. The van der Waals surface area contributed by atoms with Crippen LogP contribution in [0.5, 0.6) is 0 Å². The predicted molar refractivity (Wildman–Crippen MR) is 78.0 cm³/mol. The fraction of sp³-hybridized carbons (Fsp3) is 0.846. The second-order valence-electron chi connectivity index (χ2n) is 5.54. The first kappa shape index (κ1) is 16.2. The normalized spacial score (nSPS) is 22.3. The first-order chi connectivity index (χ1) is 9.97. The third kappa shape index (κ3) is 3.74. The molecule has 0 saturated carbocycles. The van der Waals surface area contributed by atoms with E-state index in [-0.39, 0.29) is 17.6 Å². The van der Waals surface area contributed by atoms with E-state index in [0.29, 0.717) is 52.1 Å². The van der Waals surface area contributed by atoms with E-state index in [0.717, 1.165) is 6.41 Å². The first-order valence-electron chi connectivity index (χ1n) is 7.44. The van der Waals surface area contributed by atoms with Gasteiger partial charge in [0.1, 0.15) is 0 Å². The first-order valence-corrected chi connectivity index (χ1v) is 9.05. The van der Waals surface area contributed by atoms with Gasteiger partial charge in [0.25, 0.3) is 0 Å². The molecule has 0 N–H and O–H groups in total. The topological polar surface area (TPSA) is 78.0 Å². The minimum atomic E-state index is -3.14. The second-order valence-corrected chi connectivity index (χ2v) is 7.80. The highest BCUT2D eigenvalue weighted by molar-refractivity contribution is 7.89. The molecule has 0 unspecified atom stereocenters. The molecule has 0 aromatic rings. The van der Waals surface area contributed by atoms with E-state index < -0.39 is 10.0 Å². The Bertz CT molecular complexity index is 478. The van der Waals surface area contributed by atoms with Gasteiger partial charge in [0.2, 0.25) is 22.3 Å². The molecule has 21 heavy (non-hydrogen) atoms. The van der Waals surface area contributed by atoms with Crippen molar-refractivity contribution in [2.45, 2.75) is 19.8 Å². The highest BCUT2D eigenvalue weighted by Gasteiger charge is 2.33. The summed E-state index contributed by atoms with van der Waals surface area (Å²) in [5, 5.41) is 0. The predicted octanol–water partition coefficient (Wildman–Crippen LogP) is -0.651. The van der Waals surface area contributed by atoms with Crippen molar-refractivity contribution in [3.63, 3.8) is 0 Å². The van der Waals surface area contributed by atoms with E-state index in [4.69, 9.17) is 0 Å². The van der Waals surface area contributed by atoms with Gasteiger partial charge in [0.15, 0.2) is 0 Å². The molecule has 2 aliphatic heterocycles. The van der Waals surface area contributed by atoms with Gasteiger partial charge in [-0.3, -0.25) is 9.59 Å². The van der Waals surface area contributed by atoms with Crippen molar-refractivity contribution in [1.29, 1.82) is 0 Å². The second kappa shape index (κ2) is 6.74. The lowest BCUT2D eigenvalue weighted by Crippen LogP contribution is -2.51. The molecule has 0 aromatic carbocycles. The molecule has 2 fully saturated rings. The van der Waals surface area contributed by atoms with Crippen molar-refractivity contribution in [3.8, 4) is 0 Å². The van der Waals surface area contributed by atoms with Crippen LogP contribution in [0.15, 0.2) is 0 Å². The van der Waals surface area contributed by atoms with Gasteiger partial charge < -0.3 is 9.80 Å². The van der Waals surface area contributed by atoms with Crippen molar-refractivity contribution in [2.75, 3.05) is 45.0 Å². The minimum absolute atomic E-state index is 0.0870. The Kier molecular flexibility index (Phi) is 5.21. The molecule has 2 amide bonds. The monoisotopic (exact) mass is 317 g/mol. The molecule has 0 bridgehead atoms. The van der Waals surface area contributed by atoms with Crippen molar-refractivity contribution in [2.24, 2.45) is 5.92 Å². The molecule has 0 atom stereocenters. The summed E-state index contributed by atoms with van der Waals surface area (Å²) in [6.07, 6.45) is 1.99. The Balaban J connectivity index is 1.85. The number of carbonyl (C=O) groups excluding carboxylic acids is 2. The summed E-state index contributed by atoms with van der Waals surface area (Å²) in [6, 6.07) is 0. The van der Waals surface area contributed by atoms with Gasteiger partial charge in [0.05, 0.1) is 5.75 Å². The number of amides is 2. The number of sulfonamides is 1. The van der Waals surface area contributed by atoms with Crippen LogP contribution in [0.1, 0.15) is 19.8 Å². The molecule has 2 heterocycles. The van der Waals surface area contributed by atoms with E-state index in [1.807, 2.05) is 0 Å². The number of rotatable bonds is 4. The lowest BCUT2D eigenvalue weighted by atomic mass is 9.96. The summed E-state index contributed by atoms with van der Waals surface area (Å²) >= 11 is 0. The molecule has 0 radical (unpaired) electrons. The molecule has 0 aliphatic carbocycles. The number of piperazine rings is 1. The van der Waals surface area contributed by atoms with E-state index in [1.54, 1.807) is 16.7 Å². The summed E-state index contributed by atoms with van der Waals surface area (Å²) < 4.78 is 25.1. The van der Waals surface area contributed by atoms with Gasteiger partial charge in [-0.1, -0.05) is 0 Å². The SMILES string of the molecule is CCS(=O)(=O)N1CCC(C(=O)N2CCN(C=O)CC2)CC1. The number of hydrogen-bond acceptors (Lipinski definition) is 4. The zero-order valence-electron chi connectivity index (χ0n) is 12.4. The summed E-state index contributed by atoms with van der Waals surface area (Å²) in [6.45, 7) is 4.81. The van der Waals surface area contributed by atoms with Crippen molar-refractivity contribution >= 4 is 22.3 Å². The van der Waals surface area contributed by atoms with E-state index >= 15 is 0 Å². The smallest absolute Gasteiger partial charge is 0.225 e. The zero-order chi connectivity index (χ0) is 15.5. The van der Waals surface area contributed by atoms with Crippen molar-refractivity contribution in [3.05, 3.63) is 0 Å². The molecule has 7 nitrogen and oxygen atoms in total. The van der Waals surface area contributed by atoms with Crippen LogP contribution in [-0.2, 0) is 19.6 Å². The summed E-state index contributed by atoms with van der Waals surface area (Å²) in [7, 11) is -3.14. The van der Waals surface area contributed by atoms with Crippen LogP contribution in [-0.4, -0.2) is 79.9 Å². The molecule has 2 rings (SSSR count). The van der Waals surface area contributed by atoms with Crippen LogP contribution in [0.3, 0.4) is 0 Å². The number of hydrogen-bond donors (Lipinski definition) is 0. The van der Waals surface area contributed by atoms with Crippen LogP contribution in [0.25, 0.3) is 0 Å². The van der Waals surface area contributed by atoms with E-state index in [9.17, 15) is 18.0 Å². The van der Waals surface area contributed by atoms with Gasteiger partial charge in [-0.2, -0.15) is 0 Å². The molecule has 8 heteroatoms. The van der Waals surface area contributed by atoms with E-state index in [2.05, 4.69) is 0 Å². The van der Waals surface area contributed by atoms with Crippen LogP contribution in [0.4, 0.5) is 0 Å². The Morgan fingerprint density at radius 3 is 2.14 bits per heavy atom. The zero-order valence-corrected chi connectivity index (χ0v) is 13.2. The highest BCUT2D eigenvalue weighted by atomic mass is 32.2. The van der Waals surface area contributed by atoms with Crippen LogP contribution in [0.2, 0.25) is 0 Å². The lowest BCUT2D eigenvalue weighted by molar-refractivity contribution is -0.140. The van der Waals surface area contributed by atoms with Crippen LogP contribution < -0.4 is 0 Å². The third-order valence-electron chi connectivity index (χ3n) is 4.34. The quantitative estimate of drug-likeness (QED) is 0.646. The van der Waals surface area contributed by atoms with Crippen molar-refractivity contribution in [1.82, 2.24) is 14.1 Å². The van der Waals surface area contributed by atoms with Crippen LogP contribution in [0, 0.1) is 5.92 Å². The van der Waals surface area contributed by atoms with Gasteiger partial charge in [-0.25, -0.2) is 12.7 Å². The number of carbonyl (C=O) groups is 2. The highest BCUT2D eigenvalue weighted by Crippen LogP contribution is 2.22. The maximum atomic E-state index is 12.4. The molecule has 0 aromatic heterocycles. The largest absolute Gasteiger partial charge is 0.342 e. The number of piperidine rings is 1. The molecule has 120 valence electrons. The fourth-order valence-corrected chi connectivity index (χ4v) is 4.00. The Morgan fingerprint density at radius 2 is 1.67 bits per heavy atom. The van der Waals surface area contributed by atoms with Crippen LogP contribution >= 0.6 is 0 Å². The van der Waals surface area contributed by atoms with Gasteiger partial charge in [-0.15, -0.1) is 0 Å². The lowest BCUT2D eigenvalue weighted by Gasteiger charge is -2.37. The Labute approximate surface area is 125 Å². The maximum Gasteiger partial charge on any atom is 0.225 e. The van der Waals surface area contributed by atoms with Gasteiger partial charge in [-0.05, 0) is 19.8 Å². The van der Waals surface area contributed by atoms with E-state index in [1.165, 1.54) is 4.31 Å². The Morgan fingerprint density at radius 1 is 1.10 bits per heavy atom. The van der Waals surface area contributed by atoms with Crippen molar-refractivity contribution < 1.29 is 18.0 Å². The maximum absolute atomic E-state index is 12.4. The third-order valence-corrected chi connectivity index (χ3v) is 6.22. The molecule has 0 spiro atoms. The fourth-order valence-electron chi connectivity index (χ4n) is 2.87. The number of nitrogens with zero attached hydrogens (tertiary/aromatic N) is 3. The molecular weight excluding hydrogens is 294 g/mol. The van der Waals surface area contributed by atoms with Gasteiger partial charge >= 0.3 is 0 Å².